The average molecular weight is 358 g/mol. The number of carbonyl (C=O) groups excluding carboxylic acids is 1. The van der Waals surface area contributed by atoms with Gasteiger partial charge in [-0.15, -0.1) is 0 Å². The van der Waals surface area contributed by atoms with Crippen LogP contribution < -0.4 is 18.9 Å². The average Bonchev–Trinajstić information content (AvgIpc) is 2.69. The first kappa shape index (κ1) is 19.6. The lowest BCUT2D eigenvalue weighted by molar-refractivity contribution is -0.119. The Morgan fingerprint density at radius 3 is 1.46 bits per heavy atom. The van der Waals surface area contributed by atoms with E-state index in [-0.39, 0.29) is 5.78 Å². The minimum Gasteiger partial charge on any atom is -0.497 e. The van der Waals surface area contributed by atoms with Crippen molar-refractivity contribution in [3.05, 3.63) is 47.5 Å². The molecule has 0 amide bonds. The van der Waals surface area contributed by atoms with Crippen LogP contribution in [0.15, 0.2) is 36.4 Å². The molecule has 0 fully saturated rings. The molecule has 0 aromatic heterocycles. The zero-order valence-electron chi connectivity index (χ0n) is 15.8. The van der Waals surface area contributed by atoms with Crippen molar-refractivity contribution >= 4 is 5.78 Å². The van der Waals surface area contributed by atoms with E-state index in [1.165, 1.54) is 0 Å². The Labute approximate surface area is 154 Å². The summed E-state index contributed by atoms with van der Waals surface area (Å²) in [5, 5.41) is 0. The molecule has 2 aromatic rings. The van der Waals surface area contributed by atoms with Crippen LogP contribution in [0.3, 0.4) is 0 Å². The van der Waals surface area contributed by atoms with Crippen LogP contribution in [0.4, 0.5) is 0 Å². The van der Waals surface area contributed by atoms with Gasteiger partial charge in [0.15, 0.2) is 0 Å². The molecular weight excluding hydrogens is 332 g/mol. The Kier molecular flexibility index (Phi) is 7.33. The second-order valence-corrected chi connectivity index (χ2v) is 5.89. The van der Waals surface area contributed by atoms with E-state index >= 15 is 0 Å². The van der Waals surface area contributed by atoms with Crippen LogP contribution in [-0.4, -0.2) is 34.2 Å². The third kappa shape index (κ3) is 5.15. The highest BCUT2D eigenvalue weighted by Gasteiger charge is 2.11. The van der Waals surface area contributed by atoms with E-state index < -0.39 is 0 Å². The molecule has 26 heavy (non-hydrogen) atoms. The summed E-state index contributed by atoms with van der Waals surface area (Å²) in [6.45, 7) is 0. The van der Waals surface area contributed by atoms with Gasteiger partial charge in [-0.2, -0.15) is 0 Å². The standard InChI is InChI=1S/C21H26O5/c1-23-18-9-11-20(25-3)15(13-18)5-7-17(22)8-6-16-14-19(24-2)10-12-21(16)26-4/h9-14H,5-8H2,1-4H3. The van der Waals surface area contributed by atoms with Crippen LogP contribution in [0.2, 0.25) is 0 Å². The van der Waals surface area contributed by atoms with Crippen molar-refractivity contribution in [2.24, 2.45) is 0 Å². The van der Waals surface area contributed by atoms with Crippen LogP contribution in [0.1, 0.15) is 24.0 Å². The summed E-state index contributed by atoms with van der Waals surface area (Å²) < 4.78 is 21.2. The molecule has 5 nitrogen and oxygen atoms in total. The molecule has 0 atom stereocenters. The van der Waals surface area contributed by atoms with Crippen molar-refractivity contribution in [2.45, 2.75) is 25.7 Å². The third-order valence-corrected chi connectivity index (χ3v) is 4.32. The largest absolute Gasteiger partial charge is 0.497 e. The van der Waals surface area contributed by atoms with Crippen LogP contribution >= 0.6 is 0 Å². The molecule has 0 bridgehead atoms. The Bertz CT molecular complexity index is 678. The maximum Gasteiger partial charge on any atom is 0.133 e. The van der Waals surface area contributed by atoms with E-state index in [4.69, 9.17) is 18.9 Å². The molecule has 2 aromatic carbocycles. The summed E-state index contributed by atoms with van der Waals surface area (Å²) in [5.41, 5.74) is 1.94. The highest BCUT2D eigenvalue weighted by molar-refractivity contribution is 5.79. The maximum atomic E-state index is 12.4. The molecule has 140 valence electrons. The molecule has 0 aliphatic carbocycles. The van der Waals surface area contributed by atoms with Gasteiger partial charge in [0, 0.05) is 12.8 Å². The van der Waals surface area contributed by atoms with E-state index in [2.05, 4.69) is 0 Å². The van der Waals surface area contributed by atoms with Gasteiger partial charge >= 0.3 is 0 Å². The minimum absolute atomic E-state index is 0.194. The van der Waals surface area contributed by atoms with E-state index in [1.54, 1.807) is 28.4 Å². The molecule has 2 rings (SSSR count). The molecule has 0 heterocycles. The summed E-state index contributed by atoms with van der Waals surface area (Å²) in [5.74, 6) is 3.25. The smallest absolute Gasteiger partial charge is 0.133 e. The highest BCUT2D eigenvalue weighted by atomic mass is 16.5. The predicted octanol–water partition coefficient (Wildman–Crippen LogP) is 3.86. The second-order valence-electron chi connectivity index (χ2n) is 5.89. The van der Waals surface area contributed by atoms with Crippen molar-refractivity contribution < 1.29 is 23.7 Å². The number of Topliss-reactive ketones (excluding diaryl/α,β-unsaturated/α-hetero) is 1. The Balaban J connectivity index is 1.96. The highest BCUT2D eigenvalue weighted by Crippen LogP contribution is 2.27. The number of ether oxygens (including phenoxy) is 4. The fourth-order valence-electron chi connectivity index (χ4n) is 2.83. The summed E-state index contributed by atoms with van der Waals surface area (Å²) >= 11 is 0. The lowest BCUT2D eigenvalue weighted by Crippen LogP contribution is -2.04. The molecule has 0 N–H and O–H groups in total. The van der Waals surface area contributed by atoms with Crippen LogP contribution in [-0.2, 0) is 17.6 Å². The number of hydrogen-bond donors (Lipinski definition) is 0. The molecule has 0 spiro atoms. The summed E-state index contributed by atoms with van der Waals surface area (Å²) in [6, 6.07) is 11.2. The van der Waals surface area contributed by atoms with E-state index in [9.17, 15) is 4.79 Å². The summed E-state index contributed by atoms with van der Waals surface area (Å²) in [7, 11) is 6.50. The van der Waals surface area contributed by atoms with Crippen LogP contribution in [0, 0.1) is 0 Å². The van der Waals surface area contributed by atoms with E-state index in [0.29, 0.717) is 25.7 Å². The molecular formula is C21H26O5. The number of methoxy groups -OCH3 is 4. The predicted molar refractivity (Wildman–Crippen MR) is 101 cm³/mol. The topological polar surface area (TPSA) is 54.0 Å². The second kappa shape index (κ2) is 9.70. The molecule has 5 heteroatoms. The van der Waals surface area contributed by atoms with Gasteiger partial charge in [-0.05, 0) is 60.4 Å². The number of benzene rings is 2. The SMILES string of the molecule is COc1ccc(OC)c(CCC(=O)CCc2cc(OC)ccc2OC)c1. The molecule has 0 aliphatic heterocycles. The first-order valence-electron chi connectivity index (χ1n) is 8.54. The number of rotatable bonds is 10. The van der Waals surface area contributed by atoms with Crippen molar-refractivity contribution in [1.29, 1.82) is 0 Å². The number of hydrogen-bond acceptors (Lipinski definition) is 5. The van der Waals surface area contributed by atoms with Gasteiger partial charge in [0.25, 0.3) is 0 Å². The normalized spacial score (nSPS) is 10.3. The van der Waals surface area contributed by atoms with Gasteiger partial charge in [-0.3, -0.25) is 4.79 Å². The van der Waals surface area contributed by atoms with Crippen molar-refractivity contribution in [1.82, 2.24) is 0 Å². The molecule has 0 radical (unpaired) electrons. The van der Waals surface area contributed by atoms with Gasteiger partial charge in [-0.1, -0.05) is 0 Å². The fraction of sp³-hybridized carbons (Fsp3) is 0.381. The van der Waals surface area contributed by atoms with E-state index in [1.807, 2.05) is 36.4 Å². The zero-order valence-corrected chi connectivity index (χ0v) is 15.8. The van der Waals surface area contributed by atoms with Crippen LogP contribution in [0.25, 0.3) is 0 Å². The Morgan fingerprint density at radius 1 is 0.692 bits per heavy atom. The van der Waals surface area contributed by atoms with Gasteiger partial charge < -0.3 is 18.9 Å². The maximum absolute atomic E-state index is 12.4. The van der Waals surface area contributed by atoms with Crippen molar-refractivity contribution in [3.63, 3.8) is 0 Å². The number of carbonyl (C=O) groups is 1. The molecule has 0 aliphatic rings. The lowest BCUT2D eigenvalue weighted by Gasteiger charge is -2.11. The lowest BCUT2D eigenvalue weighted by atomic mass is 10.0. The summed E-state index contributed by atoms with van der Waals surface area (Å²) in [4.78, 5) is 12.4. The fourth-order valence-corrected chi connectivity index (χ4v) is 2.83. The van der Waals surface area contributed by atoms with Gasteiger partial charge in [0.05, 0.1) is 28.4 Å². The van der Waals surface area contributed by atoms with Gasteiger partial charge in [-0.25, -0.2) is 0 Å². The van der Waals surface area contributed by atoms with Crippen molar-refractivity contribution in [3.8, 4) is 23.0 Å². The summed E-state index contributed by atoms with van der Waals surface area (Å²) in [6.07, 6.45) is 2.15. The van der Waals surface area contributed by atoms with E-state index in [0.717, 1.165) is 34.1 Å². The first-order valence-corrected chi connectivity index (χ1v) is 8.54. The zero-order chi connectivity index (χ0) is 18.9. The minimum atomic E-state index is 0.194. The molecule has 0 unspecified atom stereocenters. The molecule has 0 saturated heterocycles. The van der Waals surface area contributed by atoms with Gasteiger partial charge in [0.1, 0.15) is 28.8 Å². The third-order valence-electron chi connectivity index (χ3n) is 4.32. The number of aryl methyl sites for hydroxylation is 2. The van der Waals surface area contributed by atoms with Gasteiger partial charge in [0.2, 0.25) is 0 Å². The monoisotopic (exact) mass is 358 g/mol. The van der Waals surface area contributed by atoms with Crippen molar-refractivity contribution in [2.75, 3.05) is 28.4 Å². The Hall–Kier alpha value is -2.69. The molecule has 0 saturated carbocycles. The number of ketones is 1. The Morgan fingerprint density at radius 2 is 1.12 bits per heavy atom. The first-order chi connectivity index (χ1) is 12.6. The quantitative estimate of drug-likeness (QED) is 0.646. The van der Waals surface area contributed by atoms with Crippen LogP contribution in [0.5, 0.6) is 23.0 Å².